The maximum Gasteiger partial charge on any atom is 0.0543 e. The molecule has 9 atom stereocenters. The molecule has 0 aliphatic heterocycles. The van der Waals surface area contributed by atoms with Crippen LogP contribution in [0.25, 0.3) is 0 Å². The van der Waals surface area contributed by atoms with Gasteiger partial charge in [0.15, 0.2) is 0 Å². The summed E-state index contributed by atoms with van der Waals surface area (Å²) in [4.78, 5) is 0. The summed E-state index contributed by atoms with van der Waals surface area (Å²) < 4.78 is 0. The van der Waals surface area contributed by atoms with Gasteiger partial charge in [-0.25, -0.2) is 0 Å². The molecule has 4 aliphatic rings. The summed E-state index contributed by atoms with van der Waals surface area (Å²) in [7, 11) is 0. The largest absolute Gasteiger partial charge is 0.393 e. The van der Waals surface area contributed by atoms with E-state index >= 15 is 0 Å². The molecule has 0 spiro atoms. The second-order valence-electron chi connectivity index (χ2n) is 12.7. The van der Waals surface area contributed by atoms with Crippen molar-refractivity contribution in [2.75, 3.05) is 0 Å². The summed E-state index contributed by atoms with van der Waals surface area (Å²) in [6, 6.07) is 0. The van der Waals surface area contributed by atoms with Crippen LogP contribution < -0.4 is 0 Å². The van der Waals surface area contributed by atoms with Crippen molar-refractivity contribution in [3.8, 4) is 0 Å². The molecule has 3 fully saturated rings. The van der Waals surface area contributed by atoms with Crippen molar-refractivity contribution in [3.05, 3.63) is 11.6 Å². The first-order valence-corrected chi connectivity index (χ1v) is 13.0. The molecule has 166 valence electrons. The summed E-state index contributed by atoms with van der Waals surface area (Å²) in [6.07, 6.45) is 15.8. The maximum absolute atomic E-state index is 10.2. The highest BCUT2D eigenvalue weighted by atomic mass is 16.3. The summed E-state index contributed by atoms with van der Waals surface area (Å²) in [5.41, 5.74) is 2.88. The highest BCUT2D eigenvalue weighted by Crippen LogP contribution is 2.67. The highest BCUT2D eigenvalue weighted by molar-refractivity contribution is 5.27. The minimum atomic E-state index is -0.0400. The summed E-state index contributed by atoms with van der Waals surface area (Å²) in [5.74, 6) is 5.85. The first-order chi connectivity index (χ1) is 13.7. The van der Waals surface area contributed by atoms with Gasteiger partial charge in [0.1, 0.15) is 0 Å². The Balaban J connectivity index is 1.50. The molecule has 0 bridgehead atoms. The number of fused-ring (bicyclic) bond motifs is 5. The van der Waals surface area contributed by atoms with Gasteiger partial charge in [-0.15, -0.1) is 0 Å². The van der Waals surface area contributed by atoms with E-state index < -0.39 is 0 Å². The molecule has 1 N–H and O–H groups in total. The van der Waals surface area contributed by atoms with Crippen LogP contribution in [0.2, 0.25) is 0 Å². The molecule has 3 saturated carbocycles. The first-order valence-electron chi connectivity index (χ1n) is 13.0. The Hall–Kier alpha value is -0.300. The molecule has 0 amide bonds. The van der Waals surface area contributed by atoms with Gasteiger partial charge in [-0.05, 0) is 104 Å². The molecule has 0 heterocycles. The smallest absolute Gasteiger partial charge is 0.0543 e. The van der Waals surface area contributed by atoms with Gasteiger partial charge in [0, 0.05) is 0 Å². The van der Waals surface area contributed by atoms with Gasteiger partial charge in [-0.1, -0.05) is 66.0 Å². The molecule has 1 nitrogen and oxygen atoms in total. The van der Waals surface area contributed by atoms with E-state index in [2.05, 4.69) is 47.6 Å². The summed E-state index contributed by atoms with van der Waals surface area (Å²) in [5, 5.41) is 10.2. The predicted octanol–water partition coefficient (Wildman–Crippen LogP) is 7.63. The normalized spacial score (nSPS) is 46.5. The summed E-state index contributed by atoms with van der Waals surface area (Å²) in [6.45, 7) is 15.1. The molecule has 0 saturated heterocycles. The zero-order chi connectivity index (χ0) is 21.0. The van der Waals surface area contributed by atoms with Gasteiger partial charge in [-0.2, -0.15) is 0 Å². The Bertz CT molecular complexity index is 620. The van der Waals surface area contributed by atoms with Crippen LogP contribution in [0.15, 0.2) is 11.6 Å². The van der Waals surface area contributed by atoms with Gasteiger partial charge in [-0.3, -0.25) is 0 Å². The lowest BCUT2D eigenvalue weighted by molar-refractivity contribution is -0.0428. The SMILES string of the molecule is CC(C)[C@@H](C)CC[C@@H](C)[C@H]1CC[C@H]2C3=CC[C@H]4C[C@@H](O)CC[C@]4(C)[C@H]3CC[C@]12C. The monoisotopic (exact) mass is 400 g/mol. The fourth-order valence-corrected chi connectivity index (χ4v) is 8.53. The first kappa shape index (κ1) is 21.9. The van der Waals surface area contributed by atoms with Crippen molar-refractivity contribution in [3.63, 3.8) is 0 Å². The predicted molar refractivity (Wildman–Crippen MR) is 124 cm³/mol. The molecule has 0 aromatic heterocycles. The van der Waals surface area contributed by atoms with Gasteiger partial charge in [0.25, 0.3) is 0 Å². The molecule has 1 heteroatoms. The fraction of sp³-hybridized carbons (Fsp3) is 0.929. The average Bonchev–Trinajstić information content (AvgIpc) is 3.03. The van der Waals surface area contributed by atoms with E-state index in [0.29, 0.717) is 10.8 Å². The Labute approximate surface area is 181 Å². The lowest BCUT2D eigenvalue weighted by atomic mass is 9.47. The molecule has 0 radical (unpaired) electrons. The minimum Gasteiger partial charge on any atom is -0.393 e. The Morgan fingerprint density at radius 3 is 2.34 bits per heavy atom. The third-order valence-electron chi connectivity index (χ3n) is 11.0. The van der Waals surface area contributed by atoms with E-state index in [1.165, 1.54) is 51.4 Å². The van der Waals surface area contributed by atoms with Crippen LogP contribution in [-0.4, -0.2) is 11.2 Å². The van der Waals surface area contributed by atoms with Crippen LogP contribution in [0.5, 0.6) is 0 Å². The Morgan fingerprint density at radius 2 is 1.62 bits per heavy atom. The van der Waals surface area contributed by atoms with E-state index in [4.69, 9.17) is 0 Å². The third kappa shape index (κ3) is 3.66. The number of hydrogen-bond donors (Lipinski definition) is 1. The van der Waals surface area contributed by atoms with E-state index in [9.17, 15) is 5.11 Å². The Morgan fingerprint density at radius 1 is 0.931 bits per heavy atom. The van der Waals surface area contributed by atoms with Gasteiger partial charge >= 0.3 is 0 Å². The number of hydrogen-bond acceptors (Lipinski definition) is 1. The molecule has 0 aromatic carbocycles. The van der Waals surface area contributed by atoms with Crippen molar-refractivity contribution in [2.45, 2.75) is 112 Å². The number of rotatable bonds is 5. The van der Waals surface area contributed by atoms with Crippen molar-refractivity contribution >= 4 is 0 Å². The molecule has 0 unspecified atom stereocenters. The highest BCUT2D eigenvalue weighted by Gasteiger charge is 2.58. The van der Waals surface area contributed by atoms with Crippen LogP contribution in [0, 0.1) is 52.3 Å². The van der Waals surface area contributed by atoms with Crippen molar-refractivity contribution in [1.29, 1.82) is 0 Å². The molecule has 29 heavy (non-hydrogen) atoms. The summed E-state index contributed by atoms with van der Waals surface area (Å²) >= 11 is 0. The van der Waals surface area contributed by atoms with E-state index in [0.717, 1.165) is 54.3 Å². The van der Waals surface area contributed by atoms with Crippen LogP contribution >= 0.6 is 0 Å². The maximum atomic E-state index is 10.2. The quantitative estimate of drug-likeness (QED) is 0.470. The number of aliphatic hydroxyl groups is 1. The molecular weight excluding hydrogens is 352 g/mol. The lowest BCUT2D eigenvalue weighted by Gasteiger charge is -2.57. The van der Waals surface area contributed by atoms with Crippen LogP contribution in [-0.2, 0) is 0 Å². The number of allylic oxidation sites excluding steroid dienone is 2. The number of aliphatic hydroxyl groups excluding tert-OH is 1. The fourth-order valence-electron chi connectivity index (χ4n) is 8.53. The zero-order valence-electron chi connectivity index (χ0n) is 20.2. The van der Waals surface area contributed by atoms with Gasteiger partial charge in [0.2, 0.25) is 0 Å². The van der Waals surface area contributed by atoms with E-state index in [1.807, 2.05) is 5.57 Å². The topological polar surface area (TPSA) is 20.2 Å². The van der Waals surface area contributed by atoms with Crippen LogP contribution in [0.4, 0.5) is 0 Å². The van der Waals surface area contributed by atoms with Crippen LogP contribution in [0.1, 0.15) is 106 Å². The molecule has 4 rings (SSSR count). The van der Waals surface area contributed by atoms with Gasteiger partial charge < -0.3 is 5.11 Å². The Kier molecular flexibility index (Phi) is 6.04. The lowest BCUT2D eigenvalue weighted by Crippen LogP contribution is -2.49. The average molecular weight is 401 g/mol. The van der Waals surface area contributed by atoms with Crippen molar-refractivity contribution < 1.29 is 5.11 Å². The van der Waals surface area contributed by atoms with Crippen molar-refractivity contribution in [2.24, 2.45) is 52.3 Å². The second-order valence-corrected chi connectivity index (χ2v) is 12.7. The standard InChI is InChI=1S/C28H48O/c1-18(2)19(3)7-8-20(4)24-11-12-25-23-10-9-21-17-22(29)13-15-27(21,5)26(23)14-16-28(24,25)6/h10,18-22,24-26,29H,7-9,11-17H2,1-6H3/t19-,20+,21-,22-,24+,25-,26-,27-,28+/m0/s1. The zero-order valence-corrected chi connectivity index (χ0v) is 20.2. The van der Waals surface area contributed by atoms with Gasteiger partial charge in [0.05, 0.1) is 6.10 Å². The third-order valence-corrected chi connectivity index (χ3v) is 11.0. The minimum absolute atomic E-state index is 0.0400. The van der Waals surface area contributed by atoms with Crippen LogP contribution in [0.3, 0.4) is 0 Å². The molecular formula is C28H48O. The van der Waals surface area contributed by atoms with Crippen molar-refractivity contribution in [1.82, 2.24) is 0 Å². The van der Waals surface area contributed by atoms with E-state index in [1.54, 1.807) is 0 Å². The van der Waals surface area contributed by atoms with E-state index in [-0.39, 0.29) is 6.10 Å². The second kappa shape index (κ2) is 7.99. The molecule has 0 aromatic rings. The molecule has 4 aliphatic carbocycles.